The first kappa shape index (κ1) is 19.3. The largest absolute Gasteiger partial charge is 0.443 e. The van der Waals surface area contributed by atoms with E-state index in [1.54, 1.807) is 11.1 Å². The van der Waals surface area contributed by atoms with Gasteiger partial charge in [0.05, 0.1) is 11.4 Å². The first-order chi connectivity index (χ1) is 12.5. The number of carbonyl (C=O) groups excluding carboxylic acids is 1. The molecule has 0 bridgehead atoms. The molecule has 0 aliphatic carbocycles. The van der Waals surface area contributed by atoms with E-state index in [1.165, 1.54) is 12.1 Å². The minimum atomic E-state index is -0.610. The number of rotatable bonds is 2. The lowest BCUT2D eigenvalue weighted by Crippen LogP contribution is -2.38. The van der Waals surface area contributed by atoms with E-state index in [2.05, 4.69) is 4.98 Å². The molecule has 6 heteroatoms. The molecule has 0 fully saturated rings. The Labute approximate surface area is 158 Å². The normalized spacial score (nSPS) is 15.6. The highest BCUT2D eigenvalue weighted by Crippen LogP contribution is 2.40. The maximum atomic E-state index is 14.0. The van der Waals surface area contributed by atoms with E-state index >= 15 is 0 Å². The Morgan fingerprint density at radius 1 is 1.26 bits per heavy atom. The van der Waals surface area contributed by atoms with Gasteiger partial charge < -0.3 is 4.74 Å². The topological polar surface area (TPSA) is 42.4 Å². The standard InChI is InChI=1S/C21H24F2N2O2/c1-20(2,3)27-19(26)25-12-21(4,5)18-17(25)9-13(11-24-18)8-14-6-7-15(22)10-16(14)23/h6-7,9-11H,8,12H2,1-5H3. The Morgan fingerprint density at radius 3 is 2.59 bits per heavy atom. The predicted octanol–water partition coefficient (Wildman–Crippen LogP) is 4.98. The zero-order valence-corrected chi connectivity index (χ0v) is 16.3. The van der Waals surface area contributed by atoms with Crippen molar-refractivity contribution in [2.75, 3.05) is 11.4 Å². The molecule has 2 heterocycles. The fourth-order valence-electron chi connectivity index (χ4n) is 3.24. The summed E-state index contributed by atoms with van der Waals surface area (Å²) in [5.74, 6) is -1.21. The van der Waals surface area contributed by atoms with Crippen LogP contribution < -0.4 is 4.90 Å². The number of anilines is 1. The fourth-order valence-corrected chi connectivity index (χ4v) is 3.24. The summed E-state index contributed by atoms with van der Waals surface area (Å²) in [6.45, 7) is 9.95. The molecule has 1 aliphatic heterocycles. The van der Waals surface area contributed by atoms with Crippen LogP contribution in [0.4, 0.5) is 19.3 Å². The molecule has 1 aromatic heterocycles. The molecule has 0 N–H and O–H groups in total. The Hall–Kier alpha value is -2.50. The van der Waals surface area contributed by atoms with Gasteiger partial charge in [-0.2, -0.15) is 0 Å². The third-order valence-corrected chi connectivity index (χ3v) is 4.43. The maximum absolute atomic E-state index is 14.0. The summed E-state index contributed by atoms with van der Waals surface area (Å²) in [7, 11) is 0. The van der Waals surface area contributed by atoms with Gasteiger partial charge in [0.1, 0.15) is 17.2 Å². The second-order valence-electron chi connectivity index (χ2n) is 8.57. The number of amides is 1. The molecule has 0 saturated heterocycles. The Morgan fingerprint density at radius 2 is 1.96 bits per heavy atom. The zero-order valence-electron chi connectivity index (χ0n) is 16.3. The molecule has 1 aromatic carbocycles. The van der Waals surface area contributed by atoms with E-state index in [9.17, 15) is 13.6 Å². The van der Waals surface area contributed by atoms with Crippen molar-refractivity contribution in [3.63, 3.8) is 0 Å². The summed E-state index contributed by atoms with van der Waals surface area (Å²) >= 11 is 0. The Kier molecular flexibility index (Phi) is 4.70. The summed E-state index contributed by atoms with van der Waals surface area (Å²) in [5, 5.41) is 0. The van der Waals surface area contributed by atoms with Gasteiger partial charge in [-0.1, -0.05) is 19.9 Å². The molecule has 0 unspecified atom stereocenters. The third-order valence-electron chi connectivity index (χ3n) is 4.43. The van der Waals surface area contributed by atoms with Crippen molar-refractivity contribution >= 4 is 11.8 Å². The van der Waals surface area contributed by atoms with Gasteiger partial charge in [-0.05, 0) is 44.0 Å². The number of hydrogen-bond acceptors (Lipinski definition) is 3. The quantitative estimate of drug-likeness (QED) is 0.744. The number of aromatic nitrogens is 1. The number of nitrogens with zero attached hydrogens (tertiary/aromatic N) is 2. The van der Waals surface area contributed by atoms with Crippen LogP contribution in [0.3, 0.4) is 0 Å². The van der Waals surface area contributed by atoms with Crippen LogP contribution in [0.15, 0.2) is 30.5 Å². The third kappa shape index (κ3) is 4.10. The zero-order chi connectivity index (χ0) is 20.0. The van der Waals surface area contributed by atoms with Gasteiger partial charge in [0, 0.05) is 30.6 Å². The summed E-state index contributed by atoms with van der Waals surface area (Å²) in [4.78, 5) is 18.8. The van der Waals surface area contributed by atoms with Gasteiger partial charge in [-0.3, -0.25) is 9.88 Å². The SMILES string of the molecule is CC(C)(C)OC(=O)N1CC(C)(C)c2ncc(Cc3ccc(F)cc3F)cc21. The van der Waals surface area contributed by atoms with Gasteiger partial charge in [0.15, 0.2) is 0 Å². The van der Waals surface area contributed by atoms with Crippen LogP contribution in [-0.4, -0.2) is 23.2 Å². The second kappa shape index (κ2) is 6.59. The van der Waals surface area contributed by atoms with Crippen LogP contribution in [0, 0.1) is 11.6 Å². The Bertz CT molecular complexity index is 888. The molecular weight excluding hydrogens is 350 g/mol. The molecule has 4 nitrogen and oxygen atoms in total. The van der Waals surface area contributed by atoms with E-state index in [0.717, 1.165) is 17.3 Å². The number of pyridine rings is 1. The van der Waals surface area contributed by atoms with E-state index in [4.69, 9.17) is 4.74 Å². The van der Waals surface area contributed by atoms with Crippen molar-refractivity contribution in [3.8, 4) is 0 Å². The smallest absolute Gasteiger partial charge is 0.414 e. The molecule has 2 aromatic rings. The minimum absolute atomic E-state index is 0.259. The van der Waals surface area contributed by atoms with Crippen molar-refractivity contribution < 1.29 is 18.3 Å². The van der Waals surface area contributed by atoms with Crippen LogP contribution in [0.5, 0.6) is 0 Å². The van der Waals surface area contributed by atoms with Crippen molar-refractivity contribution in [3.05, 3.63) is 58.9 Å². The van der Waals surface area contributed by atoms with Gasteiger partial charge in [0.25, 0.3) is 0 Å². The highest BCUT2D eigenvalue weighted by Gasteiger charge is 2.41. The first-order valence-electron chi connectivity index (χ1n) is 8.90. The second-order valence-corrected chi connectivity index (χ2v) is 8.57. The van der Waals surface area contributed by atoms with Crippen LogP contribution >= 0.6 is 0 Å². The lowest BCUT2D eigenvalue weighted by atomic mass is 9.91. The van der Waals surface area contributed by atoms with E-state index in [0.29, 0.717) is 17.8 Å². The maximum Gasteiger partial charge on any atom is 0.414 e. The monoisotopic (exact) mass is 374 g/mol. The molecule has 144 valence electrons. The molecule has 27 heavy (non-hydrogen) atoms. The molecule has 3 rings (SSSR count). The van der Waals surface area contributed by atoms with Gasteiger partial charge in [-0.25, -0.2) is 13.6 Å². The van der Waals surface area contributed by atoms with Crippen molar-refractivity contribution in [2.45, 2.75) is 52.1 Å². The fraction of sp³-hybridized carbons (Fsp3) is 0.429. The molecule has 0 radical (unpaired) electrons. The average Bonchev–Trinajstić information content (AvgIpc) is 2.80. The number of carbonyl (C=O) groups is 1. The van der Waals surface area contributed by atoms with Crippen LogP contribution in [0.25, 0.3) is 0 Å². The van der Waals surface area contributed by atoms with E-state index < -0.39 is 23.3 Å². The van der Waals surface area contributed by atoms with Crippen LogP contribution in [0.2, 0.25) is 0 Å². The van der Waals surface area contributed by atoms with E-state index in [-0.39, 0.29) is 11.8 Å². The van der Waals surface area contributed by atoms with Crippen LogP contribution in [0.1, 0.15) is 51.4 Å². The average molecular weight is 374 g/mol. The first-order valence-corrected chi connectivity index (χ1v) is 8.90. The minimum Gasteiger partial charge on any atom is -0.443 e. The van der Waals surface area contributed by atoms with Crippen molar-refractivity contribution in [1.29, 1.82) is 0 Å². The van der Waals surface area contributed by atoms with Gasteiger partial charge in [-0.15, -0.1) is 0 Å². The molecule has 0 spiro atoms. The highest BCUT2D eigenvalue weighted by molar-refractivity contribution is 5.91. The molecule has 1 amide bonds. The van der Waals surface area contributed by atoms with Crippen molar-refractivity contribution in [1.82, 2.24) is 4.98 Å². The number of fused-ring (bicyclic) bond motifs is 1. The number of halogens is 2. The van der Waals surface area contributed by atoms with Crippen molar-refractivity contribution in [2.24, 2.45) is 0 Å². The highest BCUT2D eigenvalue weighted by atomic mass is 19.1. The molecule has 1 aliphatic rings. The van der Waals surface area contributed by atoms with Crippen LogP contribution in [-0.2, 0) is 16.6 Å². The summed E-state index contributed by atoms with van der Waals surface area (Å²) in [6, 6.07) is 5.36. The summed E-state index contributed by atoms with van der Waals surface area (Å²) in [5.41, 5.74) is 1.67. The number of ether oxygens (including phenoxy) is 1. The lowest BCUT2D eigenvalue weighted by molar-refractivity contribution is 0.0579. The number of benzene rings is 1. The summed E-state index contributed by atoms with van der Waals surface area (Å²) < 4.78 is 32.6. The Balaban J connectivity index is 1.93. The van der Waals surface area contributed by atoms with Gasteiger partial charge >= 0.3 is 6.09 Å². The molecule has 0 saturated carbocycles. The predicted molar refractivity (Wildman–Crippen MR) is 100 cm³/mol. The van der Waals surface area contributed by atoms with Gasteiger partial charge in [0.2, 0.25) is 0 Å². The molecular formula is C21H24F2N2O2. The molecule has 0 atom stereocenters. The lowest BCUT2D eigenvalue weighted by Gasteiger charge is -2.25. The van der Waals surface area contributed by atoms with E-state index in [1.807, 2.05) is 40.7 Å². The summed E-state index contributed by atoms with van der Waals surface area (Å²) in [6.07, 6.45) is 1.51. The number of hydrogen-bond donors (Lipinski definition) is 0.